The van der Waals surface area contributed by atoms with Gasteiger partial charge in [0, 0.05) is 0 Å². The fourth-order valence-corrected chi connectivity index (χ4v) is 1.36. The van der Waals surface area contributed by atoms with E-state index >= 15 is 0 Å². The number of rotatable bonds is 2. The Morgan fingerprint density at radius 1 is 0.941 bits per heavy atom. The molecule has 2 rings (SSSR count). The third kappa shape index (κ3) is 2.78. The van der Waals surface area contributed by atoms with Crippen LogP contribution >= 0.6 is 0 Å². The number of hydrogen-bond donors (Lipinski definition) is 0. The highest BCUT2D eigenvalue weighted by molar-refractivity contribution is 5.39. The van der Waals surface area contributed by atoms with E-state index < -0.39 is 11.7 Å². The second-order valence-corrected chi connectivity index (χ2v) is 3.33. The zero-order chi connectivity index (χ0) is 12.3. The molecule has 87 valence electrons. The Morgan fingerprint density at radius 2 is 1.59 bits per heavy atom. The molecule has 0 amide bonds. The summed E-state index contributed by atoms with van der Waals surface area (Å²) < 4.78 is 43.2. The van der Waals surface area contributed by atoms with Gasteiger partial charge in [-0.1, -0.05) is 24.3 Å². The minimum absolute atomic E-state index is 0.203. The minimum Gasteiger partial charge on any atom is -0.457 e. The second kappa shape index (κ2) is 4.49. The molecule has 2 aromatic carbocycles. The normalized spacial score (nSPS) is 11.2. The first kappa shape index (κ1) is 11.5. The van der Waals surface area contributed by atoms with Gasteiger partial charge >= 0.3 is 6.18 Å². The molecular weight excluding hydrogens is 229 g/mol. The molecule has 17 heavy (non-hydrogen) atoms. The summed E-state index contributed by atoms with van der Waals surface area (Å²) in [6.07, 6.45) is -4.42. The summed E-state index contributed by atoms with van der Waals surface area (Å²) in [5.74, 6) is 0.145. The molecule has 0 saturated heterocycles. The second-order valence-electron chi connectivity index (χ2n) is 3.33. The van der Waals surface area contributed by atoms with Crippen LogP contribution in [0.15, 0.2) is 48.5 Å². The van der Waals surface area contributed by atoms with Gasteiger partial charge in [0.15, 0.2) is 0 Å². The van der Waals surface area contributed by atoms with Gasteiger partial charge in [-0.05, 0) is 30.3 Å². The molecule has 0 heterocycles. The number of para-hydroxylation sites is 1. The lowest BCUT2D eigenvalue weighted by atomic mass is 10.2. The van der Waals surface area contributed by atoms with Crippen LogP contribution in [0.4, 0.5) is 13.2 Å². The van der Waals surface area contributed by atoms with Crippen molar-refractivity contribution >= 4 is 0 Å². The minimum atomic E-state index is -4.42. The van der Waals surface area contributed by atoms with E-state index in [0.717, 1.165) is 6.07 Å². The van der Waals surface area contributed by atoms with E-state index in [1.165, 1.54) is 18.2 Å². The largest absolute Gasteiger partial charge is 0.457 e. The van der Waals surface area contributed by atoms with Crippen molar-refractivity contribution in [3.05, 3.63) is 60.2 Å². The molecule has 0 atom stereocenters. The summed E-state index contributed by atoms with van der Waals surface area (Å²) >= 11 is 0. The van der Waals surface area contributed by atoms with Gasteiger partial charge in [0.05, 0.1) is 5.56 Å². The highest BCUT2D eigenvalue weighted by atomic mass is 19.4. The molecule has 0 bridgehead atoms. The number of ether oxygens (including phenoxy) is 1. The van der Waals surface area contributed by atoms with Gasteiger partial charge in [0.25, 0.3) is 0 Å². The van der Waals surface area contributed by atoms with E-state index in [0.29, 0.717) is 5.75 Å². The van der Waals surface area contributed by atoms with E-state index in [9.17, 15) is 13.2 Å². The van der Waals surface area contributed by atoms with E-state index in [2.05, 4.69) is 6.07 Å². The van der Waals surface area contributed by atoms with Gasteiger partial charge in [0.2, 0.25) is 0 Å². The van der Waals surface area contributed by atoms with Gasteiger partial charge in [-0.3, -0.25) is 0 Å². The predicted octanol–water partition coefficient (Wildman–Crippen LogP) is 4.30. The Morgan fingerprint density at radius 3 is 2.24 bits per heavy atom. The van der Waals surface area contributed by atoms with Crippen molar-refractivity contribution in [1.82, 2.24) is 0 Å². The first-order valence-corrected chi connectivity index (χ1v) is 4.87. The van der Waals surface area contributed by atoms with Crippen LogP contribution in [0.25, 0.3) is 0 Å². The maximum Gasteiger partial charge on any atom is 0.419 e. The van der Waals surface area contributed by atoms with E-state index in [1.807, 2.05) is 0 Å². The molecule has 0 unspecified atom stereocenters. The summed E-state index contributed by atoms with van der Waals surface area (Å²) in [7, 11) is 0. The molecule has 1 radical (unpaired) electrons. The Labute approximate surface area is 96.5 Å². The standard InChI is InChI=1S/C13H8F3O/c14-13(15,16)11-8-4-5-9-12(11)17-10-6-2-1-3-7-10/h2-9H. The quantitative estimate of drug-likeness (QED) is 0.756. The van der Waals surface area contributed by atoms with Crippen LogP contribution in [0.2, 0.25) is 0 Å². The third-order valence-electron chi connectivity index (χ3n) is 2.11. The first-order chi connectivity index (χ1) is 8.07. The summed E-state index contributed by atoms with van der Waals surface area (Å²) in [5.41, 5.74) is -0.784. The molecule has 0 aliphatic heterocycles. The van der Waals surface area contributed by atoms with Crippen LogP contribution in [0.5, 0.6) is 11.5 Å². The average molecular weight is 237 g/mol. The first-order valence-electron chi connectivity index (χ1n) is 4.87. The summed E-state index contributed by atoms with van der Waals surface area (Å²) in [4.78, 5) is 0. The molecule has 0 aliphatic carbocycles. The fraction of sp³-hybridized carbons (Fsp3) is 0.0769. The van der Waals surface area contributed by atoms with Gasteiger partial charge in [0.1, 0.15) is 11.5 Å². The maximum absolute atomic E-state index is 12.7. The SMILES string of the molecule is FC(F)(F)c1ccccc1Oc1cc[c]cc1. The average Bonchev–Trinajstić information content (AvgIpc) is 2.30. The Balaban J connectivity index is 2.34. The summed E-state index contributed by atoms with van der Waals surface area (Å²) in [6, 6.07) is 14.1. The van der Waals surface area contributed by atoms with E-state index in [-0.39, 0.29) is 5.75 Å². The highest BCUT2D eigenvalue weighted by Gasteiger charge is 2.34. The molecule has 0 saturated carbocycles. The van der Waals surface area contributed by atoms with Crippen LogP contribution in [0, 0.1) is 6.07 Å². The zero-order valence-electron chi connectivity index (χ0n) is 8.66. The molecule has 2 aromatic rings. The number of hydrogen-bond acceptors (Lipinski definition) is 1. The molecule has 4 heteroatoms. The molecule has 0 N–H and O–H groups in total. The van der Waals surface area contributed by atoms with E-state index in [4.69, 9.17) is 4.74 Å². The number of benzene rings is 2. The van der Waals surface area contributed by atoms with Gasteiger partial charge < -0.3 is 4.74 Å². The van der Waals surface area contributed by atoms with Crippen molar-refractivity contribution in [2.45, 2.75) is 6.18 Å². The predicted molar refractivity (Wildman–Crippen MR) is 56.8 cm³/mol. The Bertz CT molecular complexity index is 492. The summed E-state index contributed by atoms with van der Waals surface area (Å²) in [6.45, 7) is 0. The van der Waals surface area contributed by atoms with E-state index in [1.54, 1.807) is 24.3 Å². The lowest BCUT2D eigenvalue weighted by molar-refractivity contribution is -0.138. The van der Waals surface area contributed by atoms with Gasteiger partial charge in [-0.25, -0.2) is 0 Å². The van der Waals surface area contributed by atoms with Crippen molar-refractivity contribution in [3.63, 3.8) is 0 Å². The Hall–Kier alpha value is -1.97. The van der Waals surface area contributed by atoms with Crippen molar-refractivity contribution in [2.75, 3.05) is 0 Å². The molecule has 0 aliphatic rings. The topological polar surface area (TPSA) is 9.23 Å². The van der Waals surface area contributed by atoms with Gasteiger partial charge in [-0.15, -0.1) is 0 Å². The molecule has 0 fully saturated rings. The monoisotopic (exact) mass is 237 g/mol. The van der Waals surface area contributed by atoms with Crippen molar-refractivity contribution < 1.29 is 17.9 Å². The molecular formula is C13H8F3O. The fourth-order valence-electron chi connectivity index (χ4n) is 1.36. The van der Waals surface area contributed by atoms with Crippen molar-refractivity contribution in [2.24, 2.45) is 0 Å². The molecule has 1 nitrogen and oxygen atoms in total. The van der Waals surface area contributed by atoms with Crippen molar-refractivity contribution in [1.29, 1.82) is 0 Å². The van der Waals surface area contributed by atoms with Gasteiger partial charge in [-0.2, -0.15) is 13.2 Å². The van der Waals surface area contributed by atoms with Crippen molar-refractivity contribution in [3.8, 4) is 11.5 Å². The molecule has 0 aromatic heterocycles. The van der Waals surface area contributed by atoms with Crippen LogP contribution in [-0.2, 0) is 6.18 Å². The zero-order valence-corrected chi connectivity index (χ0v) is 8.66. The van der Waals surface area contributed by atoms with Crippen LogP contribution in [-0.4, -0.2) is 0 Å². The van der Waals surface area contributed by atoms with Crippen LogP contribution in [0.3, 0.4) is 0 Å². The third-order valence-corrected chi connectivity index (χ3v) is 2.11. The lowest BCUT2D eigenvalue weighted by Gasteiger charge is -2.13. The smallest absolute Gasteiger partial charge is 0.419 e. The van der Waals surface area contributed by atoms with Crippen LogP contribution < -0.4 is 4.74 Å². The highest BCUT2D eigenvalue weighted by Crippen LogP contribution is 2.37. The molecule has 0 spiro atoms. The Kier molecular flexibility index (Phi) is 3.04. The lowest BCUT2D eigenvalue weighted by Crippen LogP contribution is -2.06. The summed E-state index contributed by atoms with van der Waals surface area (Å²) in [5, 5.41) is 0. The van der Waals surface area contributed by atoms with Crippen LogP contribution in [0.1, 0.15) is 5.56 Å². The number of halogens is 3. The maximum atomic E-state index is 12.7. The number of alkyl halides is 3.